The van der Waals surface area contributed by atoms with Crippen LogP contribution in [-0.4, -0.2) is 40.8 Å². The third kappa shape index (κ3) is 4.22. The standard InChI is InChI=1S/C26H25N3O4/c1-4-23(26(32)33-3)29-16(2)21-12-9-18(14-22(21)25(29)31)17-7-10-20(11-8-17)28-24(30)19-6-5-13-27-15-19/h5-16,23H,4H2,1-3H3,(H,28,30). The normalized spacial score (nSPS) is 15.7. The van der Waals surface area contributed by atoms with Crippen molar-refractivity contribution in [1.29, 1.82) is 0 Å². The Morgan fingerprint density at radius 3 is 2.48 bits per heavy atom. The second-order valence-electron chi connectivity index (χ2n) is 7.91. The molecular weight excluding hydrogens is 418 g/mol. The highest BCUT2D eigenvalue weighted by Gasteiger charge is 2.41. The van der Waals surface area contributed by atoms with E-state index in [2.05, 4.69) is 10.3 Å². The van der Waals surface area contributed by atoms with Gasteiger partial charge in [0.25, 0.3) is 11.8 Å². The number of benzene rings is 2. The average Bonchev–Trinajstić information content (AvgIpc) is 3.10. The molecule has 1 aliphatic heterocycles. The Morgan fingerprint density at radius 2 is 1.85 bits per heavy atom. The molecule has 1 aliphatic rings. The summed E-state index contributed by atoms with van der Waals surface area (Å²) in [5.74, 6) is -0.809. The Balaban J connectivity index is 1.55. The zero-order valence-corrected chi connectivity index (χ0v) is 18.7. The number of esters is 1. The number of aromatic nitrogens is 1. The lowest BCUT2D eigenvalue weighted by Gasteiger charge is -2.29. The molecule has 33 heavy (non-hydrogen) atoms. The first-order chi connectivity index (χ1) is 15.9. The molecule has 7 heteroatoms. The predicted molar refractivity (Wildman–Crippen MR) is 125 cm³/mol. The molecule has 0 saturated heterocycles. The lowest BCUT2D eigenvalue weighted by atomic mass is 9.98. The van der Waals surface area contributed by atoms with Crippen LogP contribution in [0.3, 0.4) is 0 Å². The van der Waals surface area contributed by atoms with Gasteiger partial charge in [-0.3, -0.25) is 14.6 Å². The molecule has 4 rings (SSSR count). The zero-order chi connectivity index (χ0) is 23.5. The summed E-state index contributed by atoms with van der Waals surface area (Å²) in [6, 6.07) is 15.8. The van der Waals surface area contributed by atoms with E-state index in [1.807, 2.05) is 56.3 Å². The molecule has 0 bridgehead atoms. The van der Waals surface area contributed by atoms with Crippen LogP contribution in [0, 0.1) is 0 Å². The highest BCUT2D eigenvalue weighted by Crippen LogP contribution is 2.38. The van der Waals surface area contributed by atoms with Gasteiger partial charge < -0.3 is 15.0 Å². The van der Waals surface area contributed by atoms with Crippen LogP contribution in [0.5, 0.6) is 0 Å². The third-order valence-electron chi connectivity index (χ3n) is 5.98. The van der Waals surface area contributed by atoms with E-state index in [9.17, 15) is 14.4 Å². The third-order valence-corrected chi connectivity index (χ3v) is 5.98. The van der Waals surface area contributed by atoms with Gasteiger partial charge >= 0.3 is 5.97 Å². The molecule has 0 aliphatic carbocycles. The molecule has 2 heterocycles. The van der Waals surface area contributed by atoms with Gasteiger partial charge in [0.2, 0.25) is 0 Å². The summed E-state index contributed by atoms with van der Waals surface area (Å²) in [5, 5.41) is 2.85. The highest BCUT2D eigenvalue weighted by molar-refractivity contribution is 6.04. The predicted octanol–water partition coefficient (Wildman–Crippen LogP) is 4.47. The van der Waals surface area contributed by atoms with Crippen LogP contribution >= 0.6 is 0 Å². The number of carbonyl (C=O) groups is 3. The summed E-state index contributed by atoms with van der Waals surface area (Å²) in [6.45, 7) is 3.79. The molecule has 1 N–H and O–H groups in total. The number of amides is 2. The highest BCUT2D eigenvalue weighted by atomic mass is 16.5. The SMILES string of the molecule is CCC(C(=O)OC)N1C(=O)c2cc(-c3ccc(NC(=O)c4cccnc4)cc3)ccc2C1C. The molecule has 7 nitrogen and oxygen atoms in total. The quantitative estimate of drug-likeness (QED) is 0.568. The fraction of sp³-hybridized carbons (Fsp3) is 0.231. The Hall–Kier alpha value is -4.00. The van der Waals surface area contributed by atoms with Crippen molar-refractivity contribution in [2.75, 3.05) is 12.4 Å². The van der Waals surface area contributed by atoms with Crippen LogP contribution in [0.2, 0.25) is 0 Å². The van der Waals surface area contributed by atoms with Crippen molar-refractivity contribution in [1.82, 2.24) is 9.88 Å². The van der Waals surface area contributed by atoms with E-state index < -0.39 is 12.0 Å². The number of rotatable bonds is 6. The Morgan fingerprint density at radius 1 is 1.12 bits per heavy atom. The second-order valence-corrected chi connectivity index (χ2v) is 7.91. The molecule has 0 fully saturated rings. The van der Waals surface area contributed by atoms with E-state index in [-0.39, 0.29) is 17.9 Å². The maximum Gasteiger partial charge on any atom is 0.328 e. The number of fused-ring (bicyclic) bond motifs is 1. The van der Waals surface area contributed by atoms with Crippen molar-refractivity contribution in [3.63, 3.8) is 0 Å². The molecule has 2 unspecified atom stereocenters. The number of nitrogens with zero attached hydrogens (tertiary/aromatic N) is 2. The van der Waals surface area contributed by atoms with E-state index in [0.717, 1.165) is 16.7 Å². The number of carbonyl (C=O) groups excluding carboxylic acids is 3. The van der Waals surface area contributed by atoms with Crippen molar-refractivity contribution in [2.45, 2.75) is 32.4 Å². The van der Waals surface area contributed by atoms with Crippen molar-refractivity contribution in [3.05, 3.63) is 83.7 Å². The van der Waals surface area contributed by atoms with Crippen LogP contribution in [0.25, 0.3) is 11.1 Å². The monoisotopic (exact) mass is 443 g/mol. The Bertz CT molecular complexity index is 1190. The number of ether oxygens (including phenoxy) is 1. The summed E-state index contributed by atoms with van der Waals surface area (Å²) < 4.78 is 4.90. The van der Waals surface area contributed by atoms with Crippen LogP contribution < -0.4 is 5.32 Å². The molecule has 0 spiro atoms. The number of methoxy groups -OCH3 is 1. The number of pyridine rings is 1. The summed E-state index contributed by atoms with van der Waals surface area (Å²) in [5.41, 5.74) is 4.43. The first kappa shape index (κ1) is 22.2. The lowest BCUT2D eigenvalue weighted by molar-refractivity contribution is -0.146. The number of anilines is 1. The average molecular weight is 444 g/mol. The number of hydrogen-bond acceptors (Lipinski definition) is 5. The van der Waals surface area contributed by atoms with Gasteiger partial charge in [-0.1, -0.05) is 31.2 Å². The lowest BCUT2D eigenvalue weighted by Crippen LogP contribution is -2.43. The number of nitrogens with one attached hydrogen (secondary N) is 1. The van der Waals surface area contributed by atoms with Crippen molar-refractivity contribution < 1.29 is 19.1 Å². The topological polar surface area (TPSA) is 88.6 Å². The van der Waals surface area contributed by atoms with E-state index in [1.54, 1.807) is 23.2 Å². The van der Waals surface area contributed by atoms with E-state index in [4.69, 9.17) is 4.74 Å². The first-order valence-electron chi connectivity index (χ1n) is 10.8. The van der Waals surface area contributed by atoms with Gasteiger partial charge in [0.15, 0.2) is 0 Å². The van der Waals surface area contributed by atoms with Gasteiger partial charge in [-0.2, -0.15) is 0 Å². The number of hydrogen-bond donors (Lipinski definition) is 1. The smallest absolute Gasteiger partial charge is 0.328 e. The van der Waals surface area contributed by atoms with Crippen LogP contribution in [0.4, 0.5) is 5.69 Å². The molecule has 2 atom stereocenters. The Kier molecular flexibility index (Phi) is 6.22. The maximum absolute atomic E-state index is 13.2. The first-order valence-corrected chi connectivity index (χ1v) is 10.8. The Labute approximate surface area is 192 Å². The summed E-state index contributed by atoms with van der Waals surface area (Å²) >= 11 is 0. The molecule has 1 aromatic heterocycles. The van der Waals surface area contributed by atoms with Gasteiger partial charge in [0.1, 0.15) is 6.04 Å². The molecule has 2 aromatic carbocycles. The van der Waals surface area contributed by atoms with Crippen molar-refractivity contribution in [3.8, 4) is 11.1 Å². The van der Waals surface area contributed by atoms with Gasteiger partial charge in [-0.25, -0.2) is 4.79 Å². The van der Waals surface area contributed by atoms with E-state index >= 15 is 0 Å². The van der Waals surface area contributed by atoms with Gasteiger partial charge in [-0.05, 0) is 60.4 Å². The molecule has 0 saturated carbocycles. The second kappa shape index (κ2) is 9.24. The van der Waals surface area contributed by atoms with Gasteiger partial charge in [0, 0.05) is 23.6 Å². The zero-order valence-electron chi connectivity index (χ0n) is 18.7. The molecule has 168 valence electrons. The van der Waals surface area contributed by atoms with Gasteiger partial charge in [-0.15, -0.1) is 0 Å². The fourth-order valence-electron chi connectivity index (χ4n) is 4.22. The maximum atomic E-state index is 13.2. The summed E-state index contributed by atoms with van der Waals surface area (Å²) in [6.07, 6.45) is 3.61. The van der Waals surface area contributed by atoms with Crippen LogP contribution in [-0.2, 0) is 9.53 Å². The van der Waals surface area contributed by atoms with Crippen molar-refractivity contribution >= 4 is 23.5 Å². The fourth-order valence-corrected chi connectivity index (χ4v) is 4.22. The minimum absolute atomic E-state index is 0.169. The summed E-state index contributed by atoms with van der Waals surface area (Å²) in [7, 11) is 1.34. The molecule has 3 aromatic rings. The van der Waals surface area contributed by atoms with Crippen molar-refractivity contribution in [2.24, 2.45) is 0 Å². The van der Waals surface area contributed by atoms with Crippen LogP contribution in [0.15, 0.2) is 67.0 Å². The van der Waals surface area contributed by atoms with Crippen LogP contribution in [0.1, 0.15) is 52.6 Å². The largest absolute Gasteiger partial charge is 0.467 e. The minimum Gasteiger partial charge on any atom is -0.467 e. The van der Waals surface area contributed by atoms with Gasteiger partial charge in [0.05, 0.1) is 18.7 Å². The summed E-state index contributed by atoms with van der Waals surface area (Å²) in [4.78, 5) is 43.3. The molecule has 2 amide bonds. The molecular formula is C26H25N3O4. The van der Waals surface area contributed by atoms with E-state index in [1.165, 1.54) is 13.3 Å². The van der Waals surface area contributed by atoms with E-state index in [0.29, 0.717) is 23.2 Å². The minimum atomic E-state index is -0.615. The molecule has 0 radical (unpaired) electrons.